The van der Waals surface area contributed by atoms with Gasteiger partial charge in [-0.25, -0.2) is 0 Å². The molecule has 120 valence electrons. The first-order valence-corrected chi connectivity index (χ1v) is 9.71. The van der Waals surface area contributed by atoms with E-state index in [1.165, 1.54) is 11.8 Å². The fourth-order valence-electron chi connectivity index (χ4n) is 2.31. The lowest BCUT2D eigenvalue weighted by Crippen LogP contribution is -2.14. The predicted molar refractivity (Wildman–Crippen MR) is 102 cm³/mol. The van der Waals surface area contributed by atoms with Gasteiger partial charge in [0, 0.05) is 10.2 Å². The zero-order chi connectivity index (χ0) is 16.5. The highest BCUT2D eigenvalue weighted by molar-refractivity contribution is 9.10. The van der Waals surface area contributed by atoms with Crippen molar-refractivity contribution in [3.63, 3.8) is 0 Å². The highest BCUT2D eigenvalue weighted by atomic mass is 79.9. The molecule has 0 spiro atoms. The van der Waals surface area contributed by atoms with Crippen LogP contribution in [0.3, 0.4) is 0 Å². The summed E-state index contributed by atoms with van der Waals surface area (Å²) in [5, 5.41) is 12.0. The molecular formula is C16H11BrN4OS2. The minimum Gasteiger partial charge on any atom is -0.325 e. The maximum absolute atomic E-state index is 12.1. The molecule has 0 saturated heterocycles. The number of thioether (sulfide) groups is 1. The number of para-hydroxylation sites is 1. The number of hydrogen-bond donors (Lipinski definition) is 1. The van der Waals surface area contributed by atoms with Crippen LogP contribution < -0.4 is 5.32 Å². The van der Waals surface area contributed by atoms with Gasteiger partial charge in [-0.15, -0.1) is 10.2 Å². The Morgan fingerprint density at radius 2 is 1.96 bits per heavy atom. The lowest BCUT2D eigenvalue weighted by Gasteiger charge is -2.04. The Morgan fingerprint density at radius 3 is 2.79 bits per heavy atom. The molecule has 24 heavy (non-hydrogen) atoms. The number of carbonyl (C=O) groups excluding carboxylic acids is 1. The third-order valence-electron chi connectivity index (χ3n) is 3.37. The lowest BCUT2D eigenvalue weighted by molar-refractivity contribution is -0.113. The summed E-state index contributed by atoms with van der Waals surface area (Å²) in [4.78, 5) is 13.0. The van der Waals surface area contributed by atoms with Gasteiger partial charge in [-0.05, 0) is 36.4 Å². The standard InChI is InChI=1S/C16H11BrN4OS2/c17-10-5-7-11(8-6-10)18-14(22)9-23-15-19-20-16-21(15)12-3-1-2-4-13(12)24-16/h1-8H,9H2,(H,18,22). The van der Waals surface area contributed by atoms with Crippen LogP contribution in [0.5, 0.6) is 0 Å². The minimum absolute atomic E-state index is 0.0707. The van der Waals surface area contributed by atoms with Crippen LogP contribution in [0.1, 0.15) is 0 Å². The summed E-state index contributed by atoms with van der Waals surface area (Å²) in [5.41, 5.74) is 1.84. The molecule has 0 aliphatic heterocycles. The Balaban J connectivity index is 1.50. The van der Waals surface area contributed by atoms with Crippen molar-refractivity contribution >= 4 is 65.8 Å². The number of nitrogens with one attached hydrogen (secondary N) is 1. The van der Waals surface area contributed by atoms with E-state index in [4.69, 9.17) is 0 Å². The zero-order valence-electron chi connectivity index (χ0n) is 12.3. The van der Waals surface area contributed by atoms with Crippen molar-refractivity contribution in [3.8, 4) is 0 Å². The van der Waals surface area contributed by atoms with Gasteiger partial charge < -0.3 is 5.32 Å². The molecule has 2 heterocycles. The van der Waals surface area contributed by atoms with E-state index >= 15 is 0 Å². The van der Waals surface area contributed by atoms with Crippen LogP contribution >= 0.6 is 39.0 Å². The average Bonchev–Trinajstić information content (AvgIpc) is 3.14. The molecule has 4 aromatic rings. The van der Waals surface area contributed by atoms with Crippen LogP contribution in [-0.2, 0) is 4.79 Å². The van der Waals surface area contributed by atoms with Crippen LogP contribution in [0.25, 0.3) is 15.2 Å². The van der Waals surface area contributed by atoms with Crippen LogP contribution in [-0.4, -0.2) is 26.3 Å². The van der Waals surface area contributed by atoms with E-state index in [1.807, 2.05) is 46.9 Å². The number of hydrogen-bond acceptors (Lipinski definition) is 5. The van der Waals surface area contributed by atoms with Gasteiger partial charge in [0.05, 0.1) is 16.0 Å². The SMILES string of the molecule is O=C(CSc1nnc2sc3ccccc3n12)Nc1ccc(Br)cc1. The quantitative estimate of drug-likeness (QED) is 0.497. The molecule has 2 aromatic heterocycles. The van der Waals surface area contributed by atoms with Crippen molar-refractivity contribution in [1.82, 2.24) is 14.6 Å². The van der Waals surface area contributed by atoms with Gasteiger partial charge in [0.25, 0.3) is 0 Å². The Kier molecular flexibility index (Phi) is 4.26. The van der Waals surface area contributed by atoms with Crippen molar-refractivity contribution in [2.24, 2.45) is 0 Å². The first kappa shape index (κ1) is 15.6. The molecule has 0 unspecified atom stereocenters. The number of aromatic nitrogens is 3. The molecule has 0 aliphatic rings. The number of benzene rings is 2. The van der Waals surface area contributed by atoms with Crippen LogP contribution in [0.2, 0.25) is 0 Å². The lowest BCUT2D eigenvalue weighted by atomic mass is 10.3. The van der Waals surface area contributed by atoms with Gasteiger partial charge in [-0.2, -0.15) is 0 Å². The smallest absolute Gasteiger partial charge is 0.234 e. The van der Waals surface area contributed by atoms with Crippen molar-refractivity contribution in [3.05, 3.63) is 53.0 Å². The van der Waals surface area contributed by atoms with Crippen LogP contribution in [0.4, 0.5) is 5.69 Å². The molecule has 0 bridgehead atoms. The van der Waals surface area contributed by atoms with Gasteiger partial charge in [0.15, 0.2) is 5.16 Å². The molecule has 5 nitrogen and oxygen atoms in total. The van der Waals surface area contributed by atoms with Crippen molar-refractivity contribution in [2.75, 3.05) is 11.1 Å². The van der Waals surface area contributed by atoms with E-state index in [-0.39, 0.29) is 11.7 Å². The molecular weight excluding hydrogens is 408 g/mol. The topological polar surface area (TPSA) is 59.3 Å². The van der Waals surface area contributed by atoms with Crippen molar-refractivity contribution in [2.45, 2.75) is 5.16 Å². The Hall–Kier alpha value is -1.90. The van der Waals surface area contributed by atoms with Gasteiger partial charge in [0.1, 0.15) is 0 Å². The molecule has 1 N–H and O–H groups in total. The zero-order valence-corrected chi connectivity index (χ0v) is 15.5. The van der Waals surface area contributed by atoms with Gasteiger partial charge in [-0.3, -0.25) is 9.20 Å². The highest BCUT2D eigenvalue weighted by Gasteiger charge is 2.14. The van der Waals surface area contributed by atoms with Crippen LogP contribution in [0, 0.1) is 0 Å². The third-order valence-corrected chi connectivity index (χ3v) is 5.84. The van der Waals surface area contributed by atoms with E-state index in [0.29, 0.717) is 0 Å². The van der Waals surface area contributed by atoms with Gasteiger partial charge in [0.2, 0.25) is 10.9 Å². The van der Waals surface area contributed by atoms with Crippen LogP contribution in [0.15, 0.2) is 58.2 Å². The summed E-state index contributed by atoms with van der Waals surface area (Å²) in [5.74, 6) is 0.208. The molecule has 0 saturated carbocycles. The molecule has 1 amide bonds. The van der Waals surface area contributed by atoms with Crippen molar-refractivity contribution in [1.29, 1.82) is 0 Å². The highest BCUT2D eigenvalue weighted by Crippen LogP contribution is 2.29. The number of halogens is 1. The molecule has 0 radical (unpaired) electrons. The maximum atomic E-state index is 12.1. The Morgan fingerprint density at radius 1 is 1.17 bits per heavy atom. The van der Waals surface area contributed by atoms with Gasteiger partial charge >= 0.3 is 0 Å². The summed E-state index contributed by atoms with van der Waals surface area (Å²) in [6.07, 6.45) is 0. The normalized spacial score (nSPS) is 11.2. The molecule has 2 aromatic carbocycles. The van der Waals surface area contributed by atoms with E-state index < -0.39 is 0 Å². The maximum Gasteiger partial charge on any atom is 0.234 e. The van der Waals surface area contributed by atoms with Crippen molar-refractivity contribution < 1.29 is 4.79 Å². The van der Waals surface area contributed by atoms with Gasteiger partial charge in [-0.1, -0.05) is 51.2 Å². The van der Waals surface area contributed by atoms with E-state index in [2.05, 4.69) is 37.5 Å². The van der Waals surface area contributed by atoms with E-state index in [0.717, 1.165) is 30.5 Å². The summed E-state index contributed by atoms with van der Waals surface area (Å²) in [7, 11) is 0. The molecule has 0 atom stereocenters. The fraction of sp³-hybridized carbons (Fsp3) is 0.0625. The minimum atomic E-state index is -0.0707. The second-order valence-electron chi connectivity index (χ2n) is 5.01. The first-order chi connectivity index (χ1) is 11.7. The number of anilines is 1. The first-order valence-electron chi connectivity index (χ1n) is 7.11. The number of amides is 1. The largest absolute Gasteiger partial charge is 0.325 e. The van der Waals surface area contributed by atoms with E-state index in [9.17, 15) is 4.79 Å². The molecule has 0 fully saturated rings. The molecule has 8 heteroatoms. The number of nitrogens with zero attached hydrogens (tertiary/aromatic N) is 3. The predicted octanol–water partition coefficient (Wildman–Crippen LogP) is 4.44. The molecule has 0 aliphatic carbocycles. The second-order valence-corrected chi connectivity index (χ2v) is 7.88. The second kappa shape index (κ2) is 6.54. The fourth-order valence-corrected chi connectivity index (χ4v) is 4.34. The summed E-state index contributed by atoms with van der Waals surface area (Å²) in [6.45, 7) is 0. The average molecular weight is 419 g/mol. The Bertz CT molecular complexity index is 1030. The monoisotopic (exact) mass is 418 g/mol. The third kappa shape index (κ3) is 3.04. The summed E-state index contributed by atoms with van der Waals surface area (Å²) in [6, 6.07) is 15.6. The Labute approximate surface area is 154 Å². The number of carbonyl (C=O) groups is 1. The number of rotatable bonds is 4. The number of thiazole rings is 1. The summed E-state index contributed by atoms with van der Waals surface area (Å²) >= 11 is 6.35. The number of fused-ring (bicyclic) bond motifs is 3. The van der Waals surface area contributed by atoms with E-state index in [1.54, 1.807) is 11.3 Å². The molecule has 4 rings (SSSR count). The summed E-state index contributed by atoms with van der Waals surface area (Å²) < 4.78 is 4.13.